The summed E-state index contributed by atoms with van der Waals surface area (Å²) in [6.45, 7) is 4.55. The highest BCUT2D eigenvalue weighted by Gasteiger charge is 2.34. The number of hydrogen-bond acceptors (Lipinski definition) is 6. The molecule has 0 amide bonds. The van der Waals surface area contributed by atoms with E-state index >= 15 is 0 Å². The van der Waals surface area contributed by atoms with Gasteiger partial charge in [0.05, 0.1) is 34.0 Å². The Morgan fingerprint density at radius 3 is 2.23 bits per heavy atom. The molecule has 0 aromatic heterocycles. The molecule has 1 aliphatic rings. The average Bonchev–Trinajstić information content (AvgIpc) is 2.92. The van der Waals surface area contributed by atoms with Crippen LogP contribution in [0.25, 0.3) is 11.1 Å². The summed E-state index contributed by atoms with van der Waals surface area (Å²) < 4.78 is 29.0. The maximum Gasteiger partial charge on any atom is 0.203 e. The quantitative estimate of drug-likeness (QED) is 0.648. The first-order chi connectivity index (χ1) is 14.6. The van der Waals surface area contributed by atoms with E-state index in [1.807, 2.05) is 19.1 Å². The molecule has 0 radical (unpaired) electrons. The van der Waals surface area contributed by atoms with Crippen molar-refractivity contribution in [1.82, 2.24) is 0 Å². The monoisotopic (exact) mass is 416 g/mol. The molecule has 1 N–H and O–H groups in total. The molecule has 3 rings (SSSR count). The van der Waals surface area contributed by atoms with Crippen LogP contribution in [0.1, 0.15) is 49.5 Å². The van der Waals surface area contributed by atoms with Gasteiger partial charge in [0.15, 0.2) is 11.5 Å². The standard InChI is InChI=1S/C24H32O6/c1-7-9-15-13-17(30-8-2)20-19-14(10-11-16(26-3)21(20)22(15)25)12-18(27-4)23(28-5)24(19)29-6/h12-13,16,25H,7-11H2,1-6H3/t16-/m0/s1. The minimum Gasteiger partial charge on any atom is -0.507 e. The van der Waals surface area contributed by atoms with Crippen molar-refractivity contribution in [3.05, 3.63) is 28.8 Å². The third-order valence-electron chi connectivity index (χ3n) is 5.64. The van der Waals surface area contributed by atoms with Crippen molar-refractivity contribution >= 4 is 0 Å². The van der Waals surface area contributed by atoms with E-state index in [9.17, 15) is 5.11 Å². The number of methoxy groups -OCH3 is 4. The molecule has 1 aliphatic carbocycles. The van der Waals surface area contributed by atoms with E-state index in [0.29, 0.717) is 36.0 Å². The fourth-order valence-electron chi connectivity index (χ4n) is 4.37. The highest BCUT2D eigenvalue weighted by atomic mass is 16.5. The molecule has 0 saturated carbocycles. The van der Waals surface area contributed by atoms with Crippen LogP contribution < -0.4 is 18.9 Å². The Morgan fingerprint density at radius 1 is 0.933 bits per heavy atom. The summed E-state index contributed by atoms with van der Waals surface area (Å²) in [5.74, 6) is 2.67. The van der Waals surface area contributed by atoms with Gasteiger partial charge in [-0.2, -0.15) is 0 Å². The molecule has 1 atom stereocenters. The molecule has 0 bridgehead atoms. The Bertz CT molecular complexity index is 906. The predicted molar refractivity (Wildman–Crippen MR) is 116 cm³/mol. The number of hydrogen-bond donors (Lipinski definition) is 1. The Hall–Kier alpha value is -2.60. The van der Waals surface area contributed by atoms with Crippen molar-refractivity contribution in [2.75, 3.05) is 35.0 Å². The fourth-order valence-corrected chi connectivity index (χ4v) is 4.37. The largest absolute Gasteiger partial charge is 0.507 e. The van der Waals surface area contributed by atoms with Gasteiger partial charge in [-0.15, -0.1) is 0 Å². The van der Waals surface area contributed by atoms with Gasteiger partial charge in [-0.25, -0.2) is 0 Å². The van der Waals surface area contributed by atoms with Gasteiger partial charge >= 0.3 is 0 Å². The first-order valence-electron chi connectivity index (χ1n) is 10.4. The van der Waals surface area contributed by atoms with Gasteiger partial charge in [0.25, 0.3) is 0 Å². The number of benzene rings is 2. The highest BCUT2D eigenvalue weighted by molar-refractivity contribution is 5.88. The number of phenolic OH excluding ortho intramolecular Hbond substituents is 1. The van der Waals surface area contributed by atoms with Crippen LogP contribution in [0, 0.1) is 0 Å². The van der Waals surface area contributed by atoms with Crippen LogP contribution in [0.2, 0.25) is 0 Å². The SMILES string of the molecule is CCCc1cc(OCC)c2c(c1O)[C@@H](OC)CCc1cc(OC)c(OC)c(OC)c1-2. The third kappa shape index (κ3) is 3.65. The zero-order valence-electron chi connectivity index (χ0n) is 18.8. The summed E-state index contributed by atoms with van der Waals surface area (Å²) in [5.41, 5.74) is 4.30. The van der Waals surface area contributed by atoms with Crippen molar-refractivity contribution in [3.8, 4) is 39.9 Å². The highest BCUT2D eigenvalue weighted by Crippen LogP contribution is 2.55. The summed E-state index contributed by atoms with van der Waals surface area (Å²) >= 11 is 0. The normalized spacial score (nSPS) is 15.1. The van der Waals surface area contributed by atoms with Crippen molar-refractivity contribution in [3.63, 3.8) is 0 Å². The summed E-state index contributed by atoms with van der Waals surface area (Å²) in [7, 11) is 6.49. The van der Waals surface area contributed by atoms with Gasteiger partial charge < -0.3 is 28.8 Å². The summed E-state index contributed by atoms with van der Waals surface area (Å²) in [6, 6.07) is 3.92. The van der Waals surface area contributed by atoms with Crippen molar-refractivity contribution in [1.29, 1.82) is 0 Å². The minimum atomic E-state index is -0.273. The molecule has 6 nitrogen and oxygen atoms in total. The third-order valence-corrected chi connectivity index (χ3v) is 5.64. The molecule has 0 heterocycles. The number of aromatic hydroxyl groups is 1. The molecular weight excluding hydrogens is 384 g/mol. The van der Waals surface area contributed by atoms with E-state index in [1.165, 1.54) is 0 Å². The van der Waals surface area contributed by atoms with Gasteiger partial charge in [-0.05, 0) is 49.4 Å². The van der Waals surface area contributed by atoms with E-state index in [4.69, 9.17) is 23.7 Å². The molecule has 6 heteroatoms. The Morgan fingerprint density at radius 2 is 1.67 bits per heavy atom. The summed E-state index contributed by atoms with van der Waals surface area (Å²) in [4.78, 5) is 0. The van der Waals surface area contributed by atoms with Crippen LogP contribution in [0.4, 0.5) is 0 Å². The lowest BCUT2D eigenvalue weighted by Crippen LogP contribution is -2.07. The van der Waals surface area contributed by atoms with Crippen LogP contribution in [-0.2, 0) is 17.6 Å². The molecule has 0 fully saturated rings. The van der Waals surface area contributed by atoms with Crippen LogP contribution in [0.3, 0.4) is 0 Å². The molecule has 2 aromatic rings. The lowest BCUT2D eigenvalue weighted by atomic mass is 9.90. The molecule has 0 unspecified atom stereocenters. The Kier molecular flexibility index (Phi) is 6.98. The molecule has 2 aromatic carbocycles. The van der Waals surface area contributed by atoms with E-state index in [2.05, 4.69) is 6.92 Å². The summed E-state index contributed by atoms with van der Waals surface area (Å²) in [6.07, 6.45) is 2.84. The first-order valence-corrected chi connectivity index (χ1v) is 10.4. The van der Waals surface area contributed by atoms with Crippen LogP contribution in [0.5, 0.6) is 28.7 Å². The molecule has 0 saturated heterocycles. The number of rotatable bonds is 8. The van der Waals surface area contributed by atoms with E-state index < -0.39 is 0 Å². The van der Waals surface area contributed by atoms with Crippen LogP contribution in [0.15, 0.2) is 12.1 Å². The molecule has 164 valence electrons. The summed E-state index contributed by atoms with van der Waals surface area (Å²) in [5, 5.41) is 11.3. The van der Waals surface area contributed by atoms with Crippen molar-refractivity contribution in [2.45, 2.75) is 45.6 Å². The van der Waals surface area contributed by atoms with Crippen molar-refractivity contribution < 1.29 is 28.8 Å². The zero-order valence-corrected chi connectivity index (χ0v) is 18.8. The lowest BCUT2D eigenvalue weighted by Gasteiger charge is -2.24. The first kappa shape index (κ1) is 22.1. The number of aryl methyl sites for hydroxylation is 2. The Labute approximate surface area is 178 Å². The van der Waals surface area contributed by atoms with Crippen LogP contribution in [-0.4, -0.2) is 40.2 Å². The zero-order chi connectivity index (χ0) is 21.8. The maximum absolute atomic E-state index is 11.3. The van der Waals surface area contributed by atoms with Gasteiger partial charge in [-0.3, -0.25) is 0 Å². The van der Waals surface area contributed by atoms with Gasteiger partial charge in [0, 0.05) is 23.8 Å². The lowest BCUT2D eigenvalue weighted by molar-refractivity contribution is 0.0945. The second-order valence-corrected chi connectivity index (χ2v) is 7.30. The minimum absolute atomic E-state index is 0.270. The molecule has 0 aliphatic heterocycles. The van der Waals surface area contributed by atoms with Crippen LogP contribution >= 0.6 is 0 Å². The van der Waals surface area contributed by atoms with Gasteiger partial charge in [-0.1, -0.05) is 13.3 Å². The second kappa shape index (κ2) is 9.47. The molecule has 0 spiro atoms. The van der Waals surface area contributed by atoms with E-state index in [0.717, 1.165) is 47.1 Å². The number of phenols is 1. The van der Waals surface area contributed by atoms with E-state index in [-0.39, 0.29) is 11.9 Å². The molecular formula is C24H32O6. The number of ether oxygens (including phenoxy) is 5. The second-order valence-electron chi connectivity index (χ2n) is 7.30. The molecule has 30 heavy (non-hydrogen) atoms. The Balaban J connectivity index is 2.47. The topological polar surface area (TPSA) is 66.4 Å². The van der Waals surface area contributed by atoms with E-state index in [1.54, 1.807) is 28.4 Å². The maximum atomic E-state index is 11.3. The fraction of sp³-hybridized carbons (Fsp3) is 0.500. The smallest absolute Gasteiger partial charge is 0.203 e. The predicted octanol–water partition coefficient (Wildman–Crippen LogP) is 5.07. The van der Waals surface area contributed by atoms with Gasteiger partial charge in [0.2, 0.25) is 5.75 Å². The number of fused-ring (bicyclic) bond motifs is 3. The average molecular weight is 417 g/mol. The van der Waals surface area contributed by atoms with Crippen molar-refractivity contribution in [2.24, 2.45) is 0 Å². The van der Waals surface area contributed by atoms with Gasteiger partial charge in [0.1, 0.15) is 11.5 Å².